The van der Waals surface area contributed by atoms with E-state index in [4.69, 9.17) is 11.6 Å². The Morgan fingerprint density at radius 3 is 2.33 bits per heavy atom. The highest BCUT2D eigenvalue weighted by molar-refractivity contribution is 7.10. The third-order valence-corrected chi connectivity index (χ3v) is 5.41. The minimum Gasteiger partial charge on any atom is -0.308 e. The van der Waals surface area contributed by atoms with Crippen LogP contribution in [-0.4, -0.2) is 6.04 Å². The van der Waals surface area contributed by atoms with Gasteiger partial charge in [0, 0.05) is 22.8 Å². The molecule has 1 aliphatic rings. The van der Waals surface area contributed by atoms with Crippen LogP contribution >= 0.6 is 22.9 Å². The van der Waals surface area contributed by atoms with Crippen LogP contribution < -0.4 is 5.32 Å². The average molecular weight is 244 g/mol. The van der Waals surface area contributed by atoms with Crippen molar-refractivity contribution in [1.29, 1.82) is 0 Å². The van der Waals surface area contributed by atoms with Gasteiger partial charge in [-0.2, -0.15) is 0 Å². The van der Waals surface area contributed by atoms with Gasteiger partial charge >= 0.3 is 0 Å². The maximum absolute atomic E-state index is 5.89. The number of rotatable bonds is 3. The normalized spacial score (nSPS) is 23.0. The molecule has 1 heterocycles. The summed E-state index contributed by atoms with van der Waals surface area (Å²) < 4.78 is 0. The molecule has 1 nitrogen and oxygen atoms in total. The van der Waals surface area contributed by atoms with E-state index < -0.39 is 0 Å². The van der Waals surface area contributed by atoms with Crippen molar-refractivity contribution in [2.45, 2.75) is 40.3 Å². The van der Waals surface area contributed by atoms with Crippen molar-refractivity contribution in [2.75, 3.05) is 0 Å². The van der Waals surface area contributed by atoms with E-state index in [1.165, 1.54) is 4.88 Å². The monoisotopic (exact) mass is 243 g/mol. The zero-order chi connectivity index (χ0) is 11.3. The molecule has 0 radical (unpaired) electrons. The summed E-state index contributed by atoms with van der Waals surface area (Å²) in [5, 5.41) is 6.46. The quantitative estimate of drug-likeness (QED) is 0.849. The van der Waals surface area contributed by atoms with Gasteiger partial charge in [0.1, 0.15) is 0 Å². The van der Waals surface area contributed by atoms with Gasteiger partial charge < -0.3 is 5.32 Å². The molecular formula is C12H18ClNS. The van der Waals surface area contributed by atoms with Gasteiger partial charge in [0.2, 0.25) is 0 Å². The highest BCUT2D eigenvalue weighted by Gasteiger charge is 2.64. The fourth-order valence-corrected chi connectivity index (χ4v) is 3.38. The summed E-state index contributed by atoms with van der Waals surface area (Å²) >= 11 is 7.61. The second-order valence-electron chi connectivity index (χ2n) is 5.49. The van der Waals surface area contributed by atoms with Crippen LogP contribution in [0.4, 0.5) is 0 Å². The summed E-state index contributed by atoms with van der Waals surface area (Å²) in [7, 11) is 0. The second kappa shape index (κ2) is 3.47. The first-order valence-corrected chi connectivity index (χ1v) is 6.58. The number of hydrogen-bond donors (Lipinski definition) is 1. The molecule has 0 spiro atoms. The van der Waals surface area contributed by atoms with Gasteiger partial charge in [0.25, 0.3) is 0 Å². The molecule has 1 aromatic heterocycles. The molecule has 3 heteroatoms. The van der Waals surface area contributed by atoms with E-state index >= 15 is 0 Å². The van der Waals surface area contributed by atoms with Crippen LogP contribution in [0.15, 0.2) is 11.4 Å². The summed E-state index contributed by atoms with van der Waals surface area (Å²) in [4.78, 5) is 1.32. The zero-order valence-electron chi connectivity index (χ0n) is 9.73. The third kappa shape index (κ3) is 1.83. The Morgan fingerprint density at radius 1 is 1.33 bits per heavy atom. The van der Waals surface area contributed by atoms with Gasteiger partial charge in [-0.1, -0.05) is 39.3 Å². The highest BCUT2D eigenvalue weighted by atomic mass is 35.5. The van der Waals surface area contributed by atoms with E-state index in [0.29, 0.717) is 16.9 Å². The van der Waals surface area contributed by atoms with E-state index in [2.05, 4.69) is 33.0 Å². The predicted molar refractivity (Wildman–Crippen MR) is 67.5 cm³/mol. The Morgan fingerprint density at radius 2 is 1.93 bits per heavy atom. The molecule has 0 aromatic carbocycles. The first-order chi connectivity index (χ1) is 6.85. The molecule has 0 atom stereocenters. The molecule has 1 saturated carbocycles. The topological polar surface area (TPSA) is 12.0 Å². The van der Waals surface area contributed by atoms with E-state index in [9.17, 15) is 0 Å². The fraction of sp³-hybridized carbons (Fsp3) is 0.667. The van der Waals surface area contributed by atoms with Crippen molar-refractivity contribution in [1.82, 2.24) is 5.32 Å². The summed E-state index contributed by atoms with van der Waals surface area (Å²) in [5.74, 6) is 0. The smallest absolute Gasteiger partial charge is 0.0516 e. The maximum atomic E-state index is 5.89. The van der Waals surface area contributed by atoms with E-state index in [0.717, 1.165) is 11.6 Å². The molecule has 1 aromatic rings. The molecule has 0 aliphatic heterocycles. The number of halogens is 1. The summed E-state index contributed by atoms with van der Waals surface area (Å²) in [5.41, 5.74) is 0.822. The van der Waals surface area contributed by atoms with E-state index in [1.807, 2.05) is 11.4 Å². The lowest BCUT2D eigenvalue weighted by Gasteiger charge is -2.03. The Kier molecular flexibility index (Phi) is 2.65. The van der Waals surface area contributed by atoms with E-state index in [1.54, 1.807) is 11.3 Å². The lowest BCUT2D eigenvalue weighted by molar-refractivity contribution is 0.457. The summed E-state index contributed by atoms with van der Waals surface area (Å²) in [6, 6.07) is 2.66. The Labute approximate surface area is 101 Å². The molecule has 1 N–H and O–H groups in total. The lowest BCUT2D eigenvalue weighted by atomic mass is 10.0. The van der Waals surface area contributed by atoms with Gasteiger partial charge in [0.05, 0.1) is 5.02 Å². The van der Waals surface area contributed by atoms with Crippen molar-refractivity contribution in [3.05, 3.63) is 21.3 Å². The van der Waals surface area contributed by atoms with Crippen molar-refractivity contribution >= 4 is 22.9 Å². The first-order valence-electron chi connectivity index (χ1n) is 5.32. The maximum Gasteiger partial charge on any atom is 0.0516 e. The molecule has 84 valence electrons. The molecule has 0 bridgehead atoms. The SMILES string of the molecule is CC1(C)C(NCc2cc(Cl)cs2)C1(C)C. The molecule has 0 amide bonds. The minimum atomic E-state index is 0.411. The first kappa shape index (κ1) is 11.4. The Bertz CT molecular complexity index is 353. The predicted octanol–water partition coefficient (Wildman–Crippen LogP) is 3.93. The van der Waals surface area contributed by atoms with Gasteiger partial charge in [-0.25, -0.2) is 0 Å². The van der Waals surface area contributed by atoms with Gasteiger partial charge in [0.15, 0.2) is 0 Å². The van der Waals surface area contributed by atoms with Crippen molar-refractivity contribution in [2.24, 2.45) is 10.8 Å². The van der Waals surface area contributed by atoms with Gasteiger partial charge in [-0.05, 0) is 16.9 Å². The van der Waals surface area contributed by atoms with Crippen LogP contribution in [-0.2, 0) is 6.54 Å². The zero-order valence-corrected chi connectivity index (χ0v) is 11.3. The van der Waals surface area contributed by atoms with Crippen molar-refractivity contribution < 1.29 is 0 Å². The van der Waals surface area contributed by atoms with Crippen molar-refractivity contribution in [3.63, 3.8) is 0 Å². The summed E-state index contributed by atoms with van der Waals surface area (Å²) in [6.07, 6.45) is 0. The third-order valence-electron chi connectivity index (χ3n) is 4.12. The van der Waals surface area contributed by atoms with Crippen LogP contribution in [0.1, 0.15) is 32.6 Å². The van der Waals surface area contributed by atoms with Crippen molar-refractivity contribution in [3.8, 4) is 0 Å². The number of nitrogens with one attached hydrogen (secondary N) is 1. The molecule has 2 rings (SSSR count). The van der Waals surface area contributed by atoms with Gasteiger partial charge in [-0.15, -0.1) is 11.3 Å². The lowest BCUT2D eigenvalue weighted by Crippen LogP contribution is -2.21. The average Bonchev–Trinajstić information content (AvgIpc) is 2.50. The molecule has 15 heavy (non-hydrogen) atoms. The molecule has 1 aliphatic carbocycles. The fourth-order valence-electron chi connectivity index (χ4n) is 2.36. The van der Waals surface area contributed by atoms with Crippen LogP contribution in [0.25, 0.3) is 0 Å². The van der Waals surface area contributed by atoms with Crippen LogP contribution in [0, 0.1) is 10.8 Å². The number of hydrogen-bond acceptors (Lipinski definition) is 2. The van der Waals surface area contributed by atoms with Crippen LogP contribution in [0.2, 0.25) is 5.02 Å². The molecular weight excluding hydrogens is 226 g/mol. The second-order valence-corrected chi connectivity index (χ2v) is 6.92. The van der Waals surface area contributed by atoms with Gasteiger partial charge in [-0.3, -0.25) is 0 Å². The van der Waals surface area contributed by atoms with E-state index in [-0.39, 0.29) is 0 Å². The summed E-state index contributed by atoms with van der Waals surface area (Å²) in [6.45, 7) is 10.2. The van der Waals surface area contributed by atoms with Crippen LogP contribution in [0.3, 0.4) is 0 Å². The highest BCUT2D eigenvalue weighted by Crippen LogP contribution is 2.62. The Balaban J connectivity index is 1.91. The minimum absolute atomic E-state index is 0.411. The molecule has 0 unspecified atom stereocenters. The Hall–Kier alpha value is -0.0500. The standard InChI is InChI=1S/C12H18ClNS/c1-11(2)10(12(11,3)4)14-6-9-5-8(13)7-15-9/h5,7,10,14H,6H2,1-4H3. The van der Waals surface area contributed by atoms with Crippen LogP contribution in [0.5, 0.6) is 0 Å². The largest absolute Gasteiger partial charge is 0.308 e. The number of thiophene rings is 1. The molecule has 0 saturated heterocycles. The molecule has 1 fully saturated rings.